The van der Waals surface area contributed by atoms with Crippen LogP contribution in [0.4, 0.5) is 0 Å². The zero-order valence-corrected chi connectivity index (χ0v) is 8.93. The van der Waals surface area contributed by atoms with Crippen LogP contribution in [0.2, 0.25) is 0 Å². The fourth-order valence-electron chi connectivity index (χ4n) is 1.59. The summed E-state index contributed by atoms with van der Waals surface area (Å²) in [6, 6.07) is 8.24. The molecule has 1 N–H and O–H groups in total. The van der Waals surface area contributed by atoms with Gasteiger partial charge in [-0.05, 0) is 24.5 Å². The smallest absolute Gasteiger partial charge is 0.234 e. The van der Waals surface area contributed by atoms with Crippen LogP contribution in [-0.2, 0) is 11.2 Å². The van der Waals surface area contributed by atoms with Crippen molar-refractivity contribution in [3.05, 3.63) is 35.4 Å². The number of hydrogen-bond donors (Lipinski definition) is 1. The lowest BCUT2D eigenvalue weighted by Gasteiger charge is -2.08. The summed E-state index contributed by atoms with van der Waals surface area (Å²) in [5.41, 5.74) is 2.55. The Hall–Kier alpha value is -0.960. The molecule has 0 aromatic heterocycles. The van der Waals surface area contributed by atoms with Gasteiger partial charge in [-0.3, -0.25) is 4.79 Å². The molecular weight excluding hydrogens is 194 g/mol. The third-order valence-corrected chi connectivity index (χ3v) is 3.58. The van der Waals surface area contributed by atoms with Crippen molar-refractivity contribution in [2.24, 2.45) is 0 Å². The normalized spacial score (nSPS) is 20.9. The number of nitrogens with one attached hydrogen (secondary N) is 1. The van der Waals surface area contributed by atoms with E-state index in [4.69, 9.17) is 0 Å². The largest absolute Gasteiger partial charge is 0.346 e. The van der Waals surface area contributed by atoms with E-state index in [0.717, 1.165) is 12.3 Å². The van der Waals surface area contributed by atoms with Gasteiger partial charge in [0.25, 0.3) is 0 Å². The van der Waals surface area contributed by atoms with Gasteiger partial charge in [0.05, 0.1) is 11.1 Å². The minimum Gasteiger partial charge on any atom is -0.346 e. The van der Waals surface area contributed by atoms with Gasteiger partial charge in [-0.25, -0.2) is 0 Å². The van der Waals surface area contributed by atoms with Crippen molar-refractivity contribution in [2.45, 2.75) is 18.6 Å². The van der Waals surface area contributed by atoms with Crippen molar-refractivity contribution in [1.29, 1.82) is 0 Å². The first-order chi connectivity index (χ1) is 6.77. The number of carbonyl (C=O) groups is 1. The lowest BCUT2D eigenvalue weighted by Crippen LogP contribution is -2.24. The fourth-order valence-corrected chi connectivity index (χ4v) is 2.55. The molecule has 1 atom stereocenters. The van der Waals surface area contributed by atoms with E-state index in [-0.39, 0.29) is 11.2 Å². The van der Waals surface area contributed by atoms with Crippen LogP contribution in [0.5, 0.6) is 0 Å². The summed E-state index contributed by atoms with van der Waals surface area (Å²) in [4.78, 5) is 11.4. The van der Waals surface area contributed by atoms with Crippen molar-refractivity contribution in [3.8, 4) is 0 Å². The molecule has 2 rings (SSSR count). The predicted octanol–water partition coefficient (Wildman–Crippen LogP) is 1.73. The summed E-state index contributed by atoms with van der Waals surface area (Å²) in [6.07, 6.45) is 0.850. The second kappa shape index (κ2) is 4.05. The van der Waals surface area contributed by atoms with E-state index in [2.05, 4.69) is 24.4 Å². The number of rotatable bonds is 2. The maximum Gasteiger partial charge on any atom is 0.234 e. The van der Waals surface area contributed by atoms with E-state index in [1.807, 2.05) is 12.1 Å². The molecule has 14 heavy (non-hydrogen) atoms. The number of carbonyl (C=O) groups excluding carboxylic acids is 1. The molecule has 1 aromatic carbocycles. The first kappa shape index (κ1) is 9.59. The molecule has 0 spiro atoms. The summed E-state index contributed by atoms with van der Waals surface area (Å²) in [5, 5.41) is 2.94. The van der Waals surface area contributed by atoms with Gasteiger partial charge in [0.1, 0.15) is 0 Å². The van der Waals surface area contributed by atoms with Crippen LogP contribution in [0.25, 0.3) is 0 Å². The monoisotopic (exact) mass is 207 g/mol. The average molecular weight is 207 g/mol. The SMILES string of the molecule is Cc1ccccc1CC1SCNC1=O. The molecule has 0 radical (unpaired) electrons. The second-order valence-electron chi connectivity index (χ2n) is 3.47. The van der Waals surface area contributed by atoms with Crippen molar-refractivity contribution in [3.63, 3.8) is 0 Å². The summed E-state index contributed by atoms with van der Waals surface area (Å²) >= 11 is 1.69. The molecule has 1 saturated heterocycles. The summed E-state index contributed by atoms with van der Waals surface area (Å²) < 4.78 is 0. The lowest BCUT2D eigenvalue weighted by atomic mass is 10.0. The maximum atomic E-state index is 11.4. The van der Waals surface area contributed by atoms with Crippen molar-refractivity contribution in [1.82, 2.24) is 5.32 Å². The van der Waals surface area contributed by atoms with Crippen LogP contribution in [0.15, 0.2) is 24.3 Å². The Kier molecular flexibility index (Phi) is 2.77. The topological polar surface area (TPSA) is 29.1 Å². The number of benzene rings is 1. The molecule has 1 aromatic rings. The Morgan fingerprint density at radius 3 is 2.93 bits per heavy atom. The van der Waals surface area contributed by atoms with Gasteiger partial charge in [-0.15, -0.1) is 11.8 Å². The first-order valence-corrected chi connectivity index (χ1v) is 5.76. The van der Waals surface area contributed by atoms with E-state index in [1.54, 1.807) is 11.8 Å². The highest BCUT2D eigenvalue weighted by atomic mass is 32.2. The molecule has 0 bridgehead atoms. The van der Waals surface area contributed by atoms with E-state index < -0.39 is 0 Å². The number of aryl methyl sites for hydroxylation is 1. The Morgan fingerprint density at radius 2 is 2.29 bits per heavy atom. The van der Waals surface area contributed by atoms with E-state index in [1.165, 1.54) is 11.1 Å². The highest BCUT2D eigenvalue weighted by Gasteiger charge is 2.24. The average Bonchev–Trinajstić information content (AvgIpc) is 2.56. The van der Waals surface area contributed by atoms with Crippen LogP contribution >= 0.6 is 11.8 Å². The zero-order chi connectivity index (χ0) is 9.97. The summed E-state index contributed by atoms with van der Waals surface area (Å²) in [7, 11) is 0. The summed E-state index contributed by atoms with van der Waals surface area (Å²) in [5.74, 6) is 0.938. The third-order valence-electron chi connectivity index (χ3n) is 2.49. The number of amides is 1. The fraction of sp³-hybridized carbons (Fsp3) is 0.364. The van der Waals surface area contributed by atoms with E-state index in [0.29, 0.717) is 0 Å². The second-order valence-corrected chi connectivity index (χ2v) is 4.66. The van der Waals surface area contributed by atoms with E-state index in [9.17, 15) is 4.79 Å². The van der Waals surface area contributed by atoms with Crippen molar-refractivity contribution in [2.75, 3.05) is 5.88 Å². The van der Waals surface area contributed by atoms with Gasteiger partial charge in [-0.2, -0.15) is 0 Å². The Labute approximate surface area is 88.1 Å². The molecule has 3 heteroatoms. The van der Waals surface area contributed by atoms with Crippen LogP contribution in [0.1, 0.15) is 11.1 Å². The third kappa shape index (κ3) is 1.93. The minimum absolute atomic E-state index is 0.107. The van der Waals surface area contributed by atoms with Gasteiger partial charge in [0.2, 0.25) is 5.91 Å². The van der Waals surface area contributed by atoms with Gasteiger partial charge in [0.15, 0.2) is 0 Å². The molecule has 1 amide bonds. The molecule has 1 aliphatic heterocycles. The van der Waals surface area contributed by atoms with Gasteiger partial charge < -0.3 is 5.32 Å². The van der Waals surface area contributed by atoms with Crippen LogP contribution in [0, 0.1) is 6.92 Å². The molecule has 1 heterocycles. The summed E-state index contributed by atoms with van der Waals surface area (Å²) in [6.45, 7) is 2.09. The minimum atomic E-state index is 0.107. The highest BCUT2D eigenvalue weighted by molar-refractivity contribution is 8.01. The lowest BCUT2D eigenvalue weighted by molar-refractivity contribution is -0.119. The molecular formula is C11H13NOS. The first-order valence-electron chi connectivity index (χ1n) is 4.71. The Balaban J connectivity index is 2.10. The Bertz CT molecular complexity index is 351. The van der Waals surface area contributed by atoms with Crippen LogP contribution < -0.4 is 5.32 Å². The van der Waals surface area contributed by atoms with Gasteiger partial charge in [0, 0.05) is 0 Å². The molecule has 0 saturated carbocycles. The van der Waals surface area contributed by atoms with Crippen molar-refractivity contribution >= 4 is 17.7 Å². The number of hydrogen-bond acceptors (Lipinski definition) is 2. The van der Waals surface area contributed by atoms with Gasteiger partial charge in [-0.1, -0.05) is 24.3 Å². The van der Waals surface area contributed by atoms with E-state index >= 15 is 0 Å². The zero-order valence-electron chi connectivity index (χ0n) is 8.12. The standard InChI is InChI=1S/C11H13NOS/c1-8-4-2-3-5-9(8)6-10-11(13)12-7-14-10/h2-5,10H,6-7H2,1H3,(H,12,13). The molecule has 1 unspecified atom stereocenters. The van der Waals surface area contributed by atoms with Gasteiger partial charge >= 0.3 is 0 Å². The van der Waals surface area contributed by atoms with Crippen molar-refractivity contribution < 1.29 is 4.79 Å². The molecule has 1 aliphatic rings. The predicted molar refractivity (Wildman–Crippen MR) is 59.3 cm³/mol. The molecule has 1 fully saturated rings. The molecule has 74 valence electrons. The van der Waals surface area contributed by atoms with Crippen LogP contribution in [-0.4, -0.2) is 17.0 Å². The quantitative estimate of drug-likeness (QED) is 0.800. The molecule has 0 aliphatic carbocycles. The highest BCUT2D eigenvalue weighted by Crippen LogP contribution is 2.21. The van der Waals surface area contributed by atoms with Crippen LogP contribution in [0.3, 0.4) is 0 Å². The maximum absolute atomic E-state index is 11.4. The molecule has 2 nitrogen and oxygen atoms in total. The Morgan fingerprint density at radius 1 is 1.50 bits per heavy atom. The number of thioether (sulfide) groups is 1.